The van der Waals surface area contributed by atoms with Gasteiger partial charge in [0.15, 0.2) is 0 Å². The number of hydrogen-bond donors (Lipinski definition) is 3. The van der Waals surface area contributed by atoms with Gasteiger partial charge in [0.25, 0.3) is 0 Å². The Morgan fingerprint density at radius 2 is 1.79 bits per heavy atom. The molecule has 1 fully saturated rings. The van der Waals surface area contributed by atoms with Crippen molar-refractivity contribution >= 4 is 6.03 Å². The molecule has 0 atom stereocenters. The zero-order valence-electron chi connectivity index (χ0n) is 12.8. The van der Waals surface area contributed by atoms with Crippen LogP contribution in [0.5, 0.6) is 0 Å². The number of nitrogens with zero attached hydrogens (tertiary/aromatic N) is 1. The third kappa shape index (κ3) is 5.37. The van der Waals surface area contributed by atoms with Gasteiger partial charge in [0.1, 0.15) is 0 Å². The lowest BCUT2D eigenvalue weighted by molar-refractivity contribution is 0.00713. The molecule has 112 valence electrons. The number of carbonyl (C=O) groups excluding carboxylic acids is 1. The summed E-state index contributed by atoms with van der Waals surface area (Å²) in [6.07, 6.45) is 4.86. The highest BCUT2D eigenvalue weighted by molar-refractivity contribution is 5.74. The first-order chi connectivity index (χ1) is 8.75. The van der Waals surface area contributed by atoms with Crippen LogP contribution in [0.1, 0.15) is 46.0 Å². The fourth-order valence-corrected chi connectivity index (χ4v) is 2.15. The van der Waals surface area contributed by atoms with Crippen LogP contribution < -0.4 is 10.6 Å². The van der Waals surface area contributed by atoms with Gasteiger partial charge in [-0.25, -0.2) is 4.79 Å². The van der Waals surface area contributed by atoms with Gasteiger partial charge in [0, 0.05) is 18.6 Å². The molecule has 19 heavy (non-hydrogen) atoms. The first-order valence-corrected chi connectivity index (χ1v) is 7.17. The summed E-state index contributed by atoms with van der Waals surface area (Å²) in [5.74, 6) is 0. The van der Waals surface area contributed by atoms with Crippen molar-refractivity contribution in [1.82, 2.24) is 15.5 Å². The van der Waals surface area contributed by atoms with Crippen LogP contribution in [0.3, 0.4) is 0 Å². The summed E-state index contributed by atoms with van der Waals surface area (Å²) in [6.45, 7) is 5.06. The highest BCUT2D eigenvalue weighted by Gasteiger charge is 2.29. The van der Waals surface area contributed by atoms with Crippen molar-refractivity contribution in [3.05, 3.63) is 0 Å². The van der Waals surface area contributed by atoms with Gasteiger partial charge in [-0.1, -0.05) is 19.3 Å². The second kappa shape index (κ2) is 6.57. The van der Waals surface area contributed by atoms with Crippen molar-refractivity contribution in [2.24, 2.45) is 0 Å². The molecule has 1 saturated carbocycles. The minimum Gasteiger partial charge on any atom is -0.388 e. The molecule has 0 radical (unpaired) electrons. The Balaban J connectivity index is 2.28. The molecule has 1 aliphatic carbocycles. The average Bonchev–Trinajstić information content (AvgIpc) is 2.35. The van der Waals surface area contributed by atoms with E-state index in [1.165, 1.54) is 6.42 Å². The first kappa shape index (κ1) is 16.2. The summed E-state index contributed by atoms with van der Waals surface area (Å²) in [6, 6.07) is -0.200. The first-order valence-electron chi connectivity index (χ1n) is 7.17. The Bertz CT molecular complexity index is 297. The van der Waals surface area contributed by atoms with E-state index in [4.69, 9.17) is 0 Å². The van der Waals surface area contributed by atoms with E-state index in [2.05, 4.69) is 29.4 Å². The van der Waals surface area contributed by atoms with Crippen LogP contribution in [0.2, 0.25) is 0 Å². The second-order valence-electron chi connectivity index (χ2n) is 6.53. The van der Waals surface area contributed by atoms with Crippen LogP contribution in [-0.2, 0) is 0 Å². The monoisotopic (exact) mass is 271 g/mol. The van der Waals surface area contributed by atoms with Gasteiger partial charge >= 0.3 is 6.03 Å². The third-order valence-electron chi connectivity index (χ3n) is 4.25. The largest absolute Gasteiger partial charge is 0.388 e. The maximum absolute atomic E-state index is 11.7. The van der Waals surface area contributed by atoms with Crippen LogP contribution in [-0.4, -0.2) is 54.4 Å². The van der Waals surface area contributed by atoms with Crippen LogP contribution in [0, 0.1) is 0 Å². The van der Waals surface area contributed by atoms with E-state index in [1.807, 2.05) is 14.1 Å². The number of carbonyl (C=O) groups is 1. The van der Waals surface area contributed by atoms with E-state index in [0.29, 0.717) is 13.1 Å². The average molecular weight is 271 g/mol. The number of urea groups is 1. The SMILES string of the molecule is CN(C)C(C)(C)CNC(=O)NCC1(O)CCCCC1. The topological polar surface area (TPSA) is 64.6 Å². The summed E-state index contributed by atoms with van der Waals surface area (Å²) in [4.78, 5) is 13.8. The molecule has 0 heterocycles. The summed E-state index contributed by atoms with van der Waals surface area (Å²) >= 11 is 0. The molecule has 0 aliphatic heterocycles. The Morgan fingerprint density at radius 3 is 2.32 bits per heavy atom. The zero-order chi connectivity index (χ0) is 14.5. The molecule has 2 amide bonds. The molecule has 0 aromatic rings. The van der Waals surface area contributed by atoms with Crippen LogP contribution >= 0.6 is 0 Å². The summed E-state index contributed by atoms with van der Waals surface area (Å²) in [7, 11) is 3.98. The van der Waals surface area contributed by atoms with Gasteiger partial charge < -0.3 is 20.6 Å². The lowest BCUT2D eigenvalue weighted by Gasteiger charge is -2.34. The third-order valence-corrected chi connectivity index (χ3v) is 4.25. The van der Waals surface area contributed by atoms with Gasteiger partial charge in [-0.2, -0.15) is 0 Å². The van der Waals surface area contributed by atoms with E-state index in [-0.39, 0.29) is 11.6 Å². The Hall–Kier alpha value is -0.810. The number of rotatable bonds is 5. The number of hydrogen-bond acceptors (Lipinski definition) is 3. The minimum atomic E-state index is -0.702. The van der Waals surface area contributed by atoms with E-state index in [9.17, 15) is 9.90 Å². The molecule has 1 rings (SSSR count). The van der Waals surface area contributed by atoms with Crippen molar-refractivity contribution in [3.8, 4) is 0 Å². The fraction of sp³-hybridized carbons (Fsp3) is 0.929. The molecule has 0 aromatic carbocycles. The van der Waals surface area contributed by atoms with E-state index in [1.54, 1.807) is 0 Å². The normalized spacial score (nSPS) is 19.3. The Morgan fingerprint density at radius 1 is 1.21 bits per heavy atom. The summed E-state index contributed by atoms with van der Waals surface area (Å²) < 4.78 is 0. The van der Waals surface area contributed by atoms with Crippen LogP contribution in [0.25, 0.3) is 0 Å². The zero-order valence-corrected chi connectivity index (χ0v) is 12.8. The van der Waals surface area contributed by atoms with E-state index >= 15 is 0 Å². The maximum Gasteiger partial charge on any atom is 0.314 e. The van der Waals surface area contributed by atoms with Crippen LogP contribution in [0.4, 0.5) is 4.79 Å². The quantitative estimate of drug-likeness (QED) is 0.706. The molecule has 1 aliphatic rings. The smallest absolute Gasteiger partial charge is 0.314 e. The molecule has 3 N–H and O–H groups in total. The standard InChI is InChI=1S/C14H29N3O2/c1-13(2,17(3)4)10-15-12(18)16-11-14(19)8-6-5-7-9-14/h19H,5-11H2,1-4H3,(H2,15,16,18). The second-order valence-corrected chi connectivity index (χ2v) is 6.53. The van der Waals surface area contributed by atoms with E-state index in [0.717, 1.165) is 25.7 Å². The molecule has 0 bridgehead atoms. The predicted molar refractivity (Wildman–Crippen MR) is 77.2 cm³/mol. The van der Waals surface area contributed by atoms with Gasteiger partial charge in [0.2, 0.25) is 0 Å². The lowest BCUT2D eigenvalue weighted by atomic mass is 9.85. The molecule has 0 unspecified atom stereocenters. The Kier molecular flexibility index (Phi) is 5.62. The summed E-state index contributed by atoms with van der Waals surface area (Å²) in [5.41, 5.74) is -0.786. The molecule has 0 aromatic heterocycles. The fourth-order valence-electron chi connectivity index (χ4n) is 2.15. The Labute approximate surface area is 116 Å². The molecule has 5 nitrogen and oxygen atoms in total. The maximum atomic E-state index is 11.7. The van der Waals surface area contributed by atoms with Crippen molar-refractivity contribution in [2.45, 2.75) is 57.1 Å². The van der Waals surface area contributed by atoms with Crippen molar-refractivity contribution in [2.75, 3.05) is 27.2 Å². The molecular formula is C14H29N3O2. The number of nitrogens with one attached hydrogen (secondary N) is 2. The molecule has 5 heteroatoms. The molecule has 0 saturated heterocycles. The number of likely N-dealkylation sites (N-methyl/N-ethyl adjacent to an activating group) is 1. The van der Waals surface area contributed by atoms with Gasteiger partial charge in [-0.3, -0.25) is 0 Å². The van der Waals surface area contributed by atoms with Gasteiger partial charge in [0.05, 0.1) is 5.60 Å². The number of amides is 2. The van der Waals surface area contributed by atoms with E-state index < -0.39 is 5.60 Å². The van der Waals surface area contributed by atoms with Crippen molar-refractivity contribution < 1.29 is 9.90 Å². The van der Waals surface area contributed by atoms with Crippen molar-refractivity contribution in [1.29, 1.82) is 0 Å². The summed E-state index contributed by atoms with van der Waals surface area (Å²) in [5, 5.41) is 15.9. The lowest BCUT2D eigenvalue weighted by Crippen LogP contribution is -2.52. The highest BCUT2D eigenvalue weighted by Crippen LogP contribution is 2.27. The van der Waals surface area contributed by atoms with Gasteiger partial charge in [-0.15, -0.1) is 0 Å². The molecule has 0 spiro atoms. The van der Waals surface area contributed by atoms with Gasteiger partial charge in [-0.05, 0) is 40.8 Å². The molecular weight excluding hydrogens is 242 g/mol. The van der Waals surface area contributed by atoms with Crippen LogP contribution in [0.15, 0.2) is 0 Å². The highest BCUT2D eigenvalue weighted by atomic mass is 16.3. The minimum absolute atomic E-state index is 0.0842. The van der Waals surface area contributed by atoms with Crippen molar-refractivity contribution in [3.63, 3.8) is 0 Å². The number of aliphatic hydroxyl groups is 1. The predicted octanol–water partition coefficient (Wildman–Crippen LogP) is 1.32.